The first kappa shape index (κ1) is 19.3. The van der Waals surface area contributed by atoms with Gasteiger partial charge in [0.2, 0.25) is 5.91 Å². The molecule has 3 rings (SSSR count). The van der Waals surface area contributed by atoms with Crippen molar-refractivity contribution in [2.24, 2.45) is 5.92 Å². The molecule has 1 amide bonds. The fourth-order valence-electron chi connectivity index (χ4n) is 3.36. The number of pyridine rings is 1. The van der Waals surface area contributed by atoms with Crippen molar-refractivity contribution < 1.29 is 22.4 Å². The van der Waals surface area contributed by atoms with E-state index in [1.165, 1.54) is 24.4 Å². The van der Waals surface area contributed by atoms with E-state index < -0.39 is 23.6 Å². The van der Waals surface area contributed by atoms with Crippen LogP contribution in [0.4, 0.5) is 23.2 Å². The number of rotatable bonds is 3. The standard InChI is InChI=1S/C19H19F4N3O/c1-11-15(20)4-3-5-16(11)25-18(27)14-10-26(2)9-13(14)12-6-7-17(24-8-12)19(21,22)23/h3-8,13-14H,9-10H2,1-2H3,(H,25,27)/t13-,14+/m1/s1. The summed E-state index contributed by atoms with van der Waals surface area (Å²) >= 11 is 0. The smallest absolute Gasteiger partial charge is 0.325 e. The van der Waals surface area contributed by atoms with Crippen molar-refractivity contribution in [3.8, 4) is 0 Å². The molecular formula is C19H19F4N3O. The quantitative estimate of drug-likeness (QED) is 0.822. The van der Waals surface area contributed by atoms with Gasteiger partial charge in [-0.1, -0.05) is 12.1 Å². The van der Waals surface area contributed by atoms with Crippen molar-refractivity contribution in [2.45, 2.75) is 19.0 Å². The first-order chi connectivity index (χ1) is 12.7. The summed E-state index contributed by atoms with van der Waals surface area (Å²) in [5.74, 6) is -1.48. The molecule has 0 saturated carbocycles. The molecule has 0 spiro atoms. The van der Waals surface area contributed by atoms with Crippen LogP contribution in [0.15, 0.2) is 36.5 Å². The van der Waals surface area contributed by atoms with E-state index in [2.05, 4.69) is 10.3 Å². The van der Waals surface area contributed by atoms with Gasteiger partial charge in [-0.2, -0.15) is 13.2 Å². The van der Waals surface area contributed by atoms with Gasteiger partial charge < -0.3 is 10.2 Å². The summed E-state index contributed by atoms with van der Waals surface area (Å²) in [5, 5.41) is 2.74. The van der Waals surface area contributed by atoms with Gasteiger partial charge in [0.1, 0.15) is 11.5 Å². The molecule has 1 aromatic carbocycles. The Hall–Kier alpha value is -2.48. The normalized spacial score (nSPS) is 20.7. The summed E-state index contributed by atoms with van der Waals surface area (Å²) in [6.45, 7) is 2.54. The van der Waals surface area contributed by atoms with Crippen LogP contribution in [0.25, 0.3) is 0 Å². The number of anilines is 1. The molecule has 1 aliphatic heterocycles. The van der Waals surface area contributed by atoms with Gasteiger partial charge in [0.15, 0.2) is 0 Å². The highest BCUT2D eigenvalue weighted by molar-refractivity contribution is 5.94. The Balaban J connectivity index is 1.81. The minimum absolute atomic E-state index is 0.293. The number of halogens is 4. The molecule has 27 heavy (non-hydrogen) atoms. The van der Waals surface area contributed by atoms with Crippen LogP contribution in [0.5, 0.6) is 0 Å². The summed E-state index contributed by atoms with van der Waals surface area (Å²) in [6, 6.07) is 6.73. The molecular weight excluding hydrogens is 362 g/mol. The lowest BCUT2D eigenvalue weighted by Gasteiger charge is -2.19. The van der Waals surface area contributed by atoms with Gasteiger partial charge >= 0.3 is 6.18 Å². The maximum absolute atomic E-state index is 13.7. The third-order valence-electron chi connectivity index (χ3n) is 4.87. The zero-order chi connectivity index (χ0) is 19.8. The maximum atomic E-state index is 13.7. The summed E-state index contributed by atoms with van der Waals surface area (Å²) in [6.07, 6.45) is -3.32. The highest BCUT2D eigenvalue weighted by Crippen LogP contribution is 2.34. The van der Waals surface area contributed by atoms with Crippen molar-refractivity contribution in [3.05, 3.63) is 59.2 Å². The van der Waals surface area contributed by atoms with Crippen LogP contribution in [-0.4, -0.2) is 35.9 Å². The fourth-order valence-corrected chi connectivity index (χ4v) is 3.36. The molecule has 8 heteroatoms. The minimum atomic E-state index is -4.50. The molecule has 1 aliphatic rings. The molecule has 144 valence electrons. The number of amides is 1. The zero-order valence-corrected chi connectivity index (χ0v) is 14.8. The summed E-state index contributed by atoms with van der Waals surface area (Å²) in [5.41, 5.74) is 0.334. The number of nitrogens with zero attached hydrogens (tertiary/aromatic N) is 2. The van der Waals surface area contributed by atoms with Crippen molar-refractivity contribution in [1.82, 2.24) is 9.88 Å². The van der Waals surface area contributed by atoms with Crippen LogP contribution in [0.1, 0.15) is 22.7 Å². The molecule has 1 fully saturated rings. The summed E-state index contributed by atoms with van der Waals surface area (Å²) < 4.78 is 51.8. The van der Waals surface area contributed by atoms with Gasteiger partial charge in [-0.05, 0) is 37.7 Å². The number of hydrogen-bond donors (Lipinski definition) is 1. The van der Waals surface area contributed by atoms with Crippen molar-refractivity contribution >= 4 is 11.6 Å². The molecule has 0 unspecified atom stereocenters. The predicted octanol–water partition coefficient (Wildman–Crippen LogP) is 3.83. The van der Waals surface area contributed by atoms with E-state index >= 15 is 0 Å². The second-order valence-electron chi connectivity index (χ2n) is 6.81. The number of alkyl halides is 3. The molecule has 0 aliphatic carbocycles. The van der Waals surface area contributed by atoms with E-state index in [1.807, 2.05) is 11.9 Å². The minimum Gasteiger partial charge on any atom is -0.325 e. The number of likely N-dealkylation sites (tertiary alicyclic amines) is 1. The van der Waals surface area contributed by atoms with Crippen molar-refractivity contribution in [3.63, 3.8) is 0 Å². The SMILES string of the molecule is Cc1c(F)cccc1NC(=O)[C@H]1CN(C)C[C@@H]1c1ccc(C(F)(F)F)nc1. The Morgan fingerprint density at radius 1 is 1.22 bits per heavy atom. The van der Waals surface area contributed by atoms with Crippen LogP contribution < -0.4 is 5.32 Å². The topological polar surface area (TPSA) is 45.2 Å². The summed E-state index contributed by atoms with van der Waals surface area (Å²) in [4.78, 5) is 18.2. The van der Waals surface area contributed by atoms with Crippen LogP contribution >= 0.6 is 0 Å². The van der Waals surface area contributed by atoms with E-state index in [1.54, 1.807) is 13.0 Å². The second kappa shape index (κ2) is 7.26. The first-order valence-electron chi connectivity index (χ1n) is 8.44. The number of benzene rings is 1. The molecule has 0 radical (unpaired) electrons. The van der Waals surface area contributed by atoms with Crippen LogP contribution in [0, 0.1) is 18.7 Å². The Bertz CT molecular complexity index is 836. The van der Waals surface area contributed by atoms with Gasteiger partial charge in [-0.15, -0.1) is 0 Å². The maximum Gasteiger partial charge on any atom is 0.433 e. The fraction of sp³-hybridized carbons (Fsp3) is 0.368. The molecule has 1 N–H and O–H groups in total. The monoisotopic (exact) mass is 381 g/mol. The Kier molecular flexibility index (Phi) is 5.19. The van der Waals surface area contributed by atoms with E-state index in [4.69, 9.17) is 0 Å². The highest BCUT2D eigenvalue weighted by atomic mass is 19.4. The highest BCUT2D eigenvalue weighted by Gasteiger charge is 2.38. The van der Waals surface area contributed by atoms with E-state index in [0.717, 1.165) is 6.07 Å². The van der Waals surface area contributed by atoms with E-state index in [-0.39, 0.29) is 11.8 Å². The average Bonchev–Trinajstić information content (AvgIpc) is 3.00. The number of aromatic nitrogens is 1. The third kappa shape index (κ3) is 4.10. The second-order valence-corrected chi connectivity index (χ2v) is 6.81. The van der Waals surface area contributed by atoms with Gasteiger partial charge in [-0.3, -0.25) is 9.78 Å². The Morgan fingerprint density at radius 2 is 1.96 bits per heavy atom. The van der Waals surface area contributed by atoms with Gasteiger partial charge in [0, 0.05) is 36.5 Å². The largest absolute Gasteiger partial charge is 0.433 e. The molecule has 2 aromatic rings. The number of carbonyl (C=O) groups excluding carboxylic acids is 1. The van der Waals surface area contributed by atoms with Gasteiger partial charge in [-0.25, -0.2) is 4.39 Å². The van der Waals surface area contributed by atoms with Crippen LogP contribution in [-0.2, 0) is 11.0 Å². The lowest BCUT2D eigenvalue weighted by atomic mass is 9.89. The number of likely N-dealkylation sites (N-methyl/N-ethyl adjacent to an activating group) is 1. The molecule has 4 nitrogen and oxygen atoms in total. The van der Waals surface area contributed by atoms with Gasteiger partial charge in [0.05, 0.1) is 5.92 Å². The number of nitrogens with one attached hydrogen (secondary N) is 1. The predicted molar refractivity (Wildman–Crippen MR) is 92.7 cm³/mol. The molecule has 2 heterocycles. The Labute approximate surface area is 154 Å². The average molecular weight is 381 g/mol. The lowest BCUT2D eigenvalue weighted by molar-refractivity contribution is -0.141. The molecule has 0 bridgehead atoms. The van der Waals surface area contributed by atoms with E-state index in [9.17, 15) is 22.4 Å². The van der Waals surface area contributed by atoms with Crippen molar-refractivity contribution in [2.75, 3.05) is 25.5 Å². The van der Waals surface area contributed by atoms with Crippen molar-refractivity contribution in [1.29, 1.82) is 0 Å². The van der Waals surface area contributed by atoms with E-state index in [0.29, 0.717) is 29.9 Å². The Morgan fingerprint density at radius 3 is 2.59 bits per heavy atom. The van der Waals surface area contributed by atoms with Crippen LogP contribution in [0.2, 0.25) is 0 Å². The third-order valence-corrected chi connectivity index (χ3v) is 4.87. The molecule has 1 aromatic heterocycles. The number of hydrogen-bond acceptors (Lipinski definition) is 3. The number of carbonyl (C=O) groups is 1. The molecule has 1 saturated heterocycles. The van der Waals surface area contributed by atoms with Crippen LogP contribution in [0.3, 0.4) is 0 Å². The zero-order valence-electron chi connectivity index (χ0n) is 14.8. The lowest BCUT2D eigenvalue weighted by Crippen LogP contribution is -2.28. The van der Waals surface area contributed by atoms with Gasteiger partial charge in [0.25, 0.3) is 0 Å². The summed E-state index contributed by atoms with van der Waals surface area (Å²) in [7, 11) is 1.84. The molecule has 2 atom stereocenters. The first-order valence-corrected chi connectivity index (χ1v) is 8.44.